The molecule has 11 heteroatoms. The lowest BCUT2D eigenvalue weighted by Gasteiger charge is -2.21. The average Bonchev–Trinajstić information content (AvgIpc) is 2.69. The van der Waals surface area contributed by atoms with Gasteiger partial charge < -0.3 is 0 Å². The normalized spacial score (nSPS) is 14.6. The SMILES string of the molecule is CN(CCCn1c2c(c(=O)[nH]c1=O)CCCC2)S(=O)(=O)c1ccc(S(C)(=O)=O)cc1. The van der Waals surface area contributed by atoms with Gasteiger partial charge in [0.2, 0.25) is 10.0 Å². The molecule has 30 heavy (non-hydrogen) atoms. The molecule has 0 amide bonds. The molecule has 1 aromatic heterocycles. The van der Waals surface area contributed by atoms with Gasteiger partial charge in [-0.3, -0.25) is 14.3 Å². The van der Waals surface area contributed by atoms with Crippen molar-refractivity contribution in [2.24, 2.45) is 0 Å². The number of aromatic nitrogens is 2. The Morgan fingerprint density at radius 2 is 1.60 bits per heavy atom. The minimum atomic E-state index is -3.80. The Hall–Kier alpha value is -2.24. The second kappa shape index (κ2) is 8.48. The topological polar surface area (TPSA) is 126 Å². The number of nitrogens with one attached hydrogen (secondary N) is 1. The van der Waals surface area contributed by atoms with Gasteiger partial charge in [0.1, 0.15) is 0 Å². The van der Waals surface area contributed by atoms with E-state index < -0.39 is 25.6 Å². The van der Waals surface area contributed by atoms with Crippen molar-refractivity contribution in [1.29, 1.82) is 0 Å². The summed E-state index contributed by atoms with van der Waals surface area (Å²) < 4.78 is 51.3. The Morgan fingerprint density at radius 3 is 2.23 bits per heavy atom. The van der Waals surface area contributed by atoms with E-state index in [1.54, 1.807) is 0 Å². The van der Waals surface area contributed by atoms with Crippen LogP contribution in [-0.4, -0.2) is 50.5 Å². The van der Waals surface area contributed by atoms with Crippen LogP contribution >= 0.6 is 0 Å². The number of aromatic amines is 1. The lowest BCUT2D eigenvalue weighted by atomic mass is 9.97. The summed E-state index contributed by atoms with van der Waals surface area (Å²) in [5, 5.41) is 0. The number of benzene rings is 1. The number of fused-ring (bicyclic) bond motifs is 1. The predicted molar refractivity (Wildman–Crippen MR) is 112 cm³/mol. The van der Waals surface area contributed by atoms with Crippen LogP contribution in [0.2, 0.25) is 0 Å². The molecule has 1 N–H and O–H groups in total. The summed E-state index contributed by atoms with van der Waals surface area (Å²) in [6.45, 7) is 0.460. The Labute approximate surface area is 175 Å². The first-order chi connectivity index (χ1) is 14.0. The largest absolute Gasteiger partial charge is 0.328 e. The highest BCUT2D eigenvalue weighted by Gasteiger charge is 2.22. The van der Waals surface area contributed by atoms with E-state index >= 15 is 0 Å². The van der Waals surface area contributed by atoms with Gasteiger partial charge in [-0.1, -0.05) is 0 Å². The molecule has 0 atom stereocenters. The highest BCUT2D eigenvalue weighted by molar-refractivity contribution is 7.90. The predicted octanol–water partition coefficient (Wildman–Crippen LogP) is 0.530. The van der Waals surface area contributed by atoms with Crippen molar-refractivity contribution >= 4 is 19.9 Å². The number of nitrogens with zero attached hydrogens (tertiary/aromatic N) is 2. The molecule has 1 aliphatic rings. The van der Waals surface area contributed by atoms with E-state index in [0.717, 1.165) is 24.8 Å². The third kappa shape index (κ3) is 4.57. The van der Waals surface area contributed by atoms with E-state index in [0.29, 0.717) is 31.4 Å². The van der Waals surface area contributed by atoms with Gasteiger partial charge in [-0.25, -0.2) is 25.9 Å². The van der Waals surface area contributed by atoms with Crippen molar-refractivity contribution in [3.63, 3.8) is 0 Å². The maximum atomic E-state index is 12.7. The number of sulfone groups is 1. The van der Waals surface area contributed by atoms with Gasteiger partial charge in [0.05, 0.1) is 9.79 Å². The van der Waals surface area contributed by atoms with E-state index in [4.69, 9.17) is 0 Å². The molecule has 2 aromatic rings. The van der Waals surface area contributed by atoms with Crippen LogP contribution in [0.25, 0.3) is 0 Å². The first-order valence-corrected chi connectivity index (χ1v) is 13.0. The molecule has 0 radical (unpaired) electrons. The molecule has 0 aliphatic heterocycles. The summed E-state index contributed by atoms with van der Waals surface area (Å²) >= 11 is 0. The third-order valence-corrected chi connectivity index (χ3v) is 8.32. The van der Waals surface area contributed by atoms with Crippen molar-refractivity contribution in [2.75, 3.05) is 19.8 Å². The number of sulfonamides is 1. The number of hydrogen-bond donors (Lipinski definition) is 1. The molecule has 0 unspecified atom stereocenters. The van der Waals surface area contributed by atoms with E-state index in [-0.39, 0.29) is 21.9 Å². The standard InChI is InChI=1S/C19H25N3O6S2/c1-21(30(27,28)15-10-8-14(9-11-15)29(2,25)26)12-5-13-22-17-7-4-3-6-16(17)18(23)20-19(22)24/h8-11H,3-7,12-13H2,1-2H3,(H,20,23,24). The van der Waals surface area contributed by atoms with E-state index in [2.05, 4.69) is 4.98 Å². The molecule has 0 spiro atoms. The molecular formula is C19H25N3O6S2. The minimum Gasteiger partial charge on any atom is -0.297 e. The molecule has 1 heterocycles. The molecule has 0 fully saturated rings. The summed E-state index contributed by atoms with van der Waals surface area (Å²) in [7, 11) is -5.77. The lowest BCUT2D eigenvalue weighted by Crippen LogP contribution is -2.37. The molecule has 0 bridgehead atoms. The average molecular weight is 456 g/mol. The maximum absolute atomic E-state index is 12.7. The van der Waals surface area contributed by atoms with Crippen molar-refractivity contribution in [1.82, 2.24) is 13.9 Å². The first kappa shape index (κ1) is 22.4. The van der Waals surface area contributed by atoms with E-state index in [9.17, 15) is 26.4 Å². The van der Waals surface area contributed by atoms with Gasteiger partial charge in [0.25, 0.3) is 5.56 Å². The van der Waals surface area contributed by atoms with Crippen LogP contribution < -0.4 is 11.2 Å². The van der Waals surface area contributed by atoms with Crippen LogP contribution in [0.1, 0.15) is 30.5 Å². The summed E-state index contributed by atoms with van der Waals surface area (Å²) in [4.78, 5) is 26.6. The fourth-order valence-corrected chi connectivity index (χ4v) is 5.48. The summed E-state index contributed by atoms with van der Waals surface area (Å²) in [5.41, 5.74) is 0.593. The number of H-pyrrole nitrogens is 1. The summed E-state index contributed by atoms with van der Waals surface area (Å²) in [5.74, 6) is 0. The van der Waals surface area contributed by atoms with Gasteiger partial charge >= 0.3 is 5.69 Å². The van der Waals surface area contributed by atoms with Gasteiger partial charge in [-0.05, 0) is 56.4 Å². The van der Waals surface area contributed by atoms with Crippen LogP contribution in [0.5, 0.6) is 0 Å². The van der Waals surface area contributed by atoms with Crippen molar-refractivity contribution in [3.05, 3.63) is 56.4 Å². The van der Waals surface area contributed by atoms with E-state index in [1.165, 1.54) is 40.2 Å². The van der Waals surface area contributed by atoms with E-state index in [1.807, 2.05) is 0 Å². The minimum absolute atomic E-state index is 0.00372. The highest BCUT2D eigenvalue weighted by Crippen LogP contribution is 2.19. The van der Waals surface area contributed by atoms with Crippen LogP contribution in [-0.2, 0) is 39.2 Å². The second-order valence-electron chi connectivity index (χ2n) is 7.47. The monoisotopic (exact) mass is 455 g/mol. The summed E-state index contributed by atoms with van der Waals surface area (Å²) in [6, 6.07) is 5.07. The maximum Gasteiger partial charge on any atom is 0.328 e. The molecule has 0 saturated heterocycles. The second-order valence-corrected chi connectivity index (χ2v) is 11.5. The fraction of sp³-hybridized carbons (Fsp3) is 0.474. The van der Waals surface area contributed by atoms with Crippen molar-refractivity contribution in [3.8, 4) is 0 Å². The van der Waals surface area contributed by atoms with Crippen molar-refractivity contribution < 1.29 is 16.8 Å². The number of hydrogen-bond acceptors (Lipinski definition) is 6. The third-order valence-electron chi connectivity index (χ3n) is 5.32. The highest BCUT2D eigenvalue weighted by atomic mass is 32.2. The zero-order valence-electron chi connectivity index (χ0n) is 16.9. The smallest absolute Gasteiger partial charge is 0.297 e. The van der Waals surface area contributed by atoms with Crippen LogP contribution in [0.4, 0.5) is 0 Å². The molecule has 0 saturated carbocycles. The molecule has 1 aliphatic carbocycles. The van der Waals surface area contributed by atoms with Crippen LogP contribution in [0.15, 0.2) is 43.6 Å². The molecule has 3 rings (SSSR count). The molecule has 164 valence electrons. The van der Waals surface area contributed by atoms with Gasteiger partial charge in [-0.15, -0.1) is 0 Å². The Bertz CT molecular complexity index is 1260. The molecule has 9 nitrogen and oxygen atoms in total. The van der Waals surface area contributed by atoms with Crippen LogP contribution in [0, 0.1) is 0 Å². The first-order valence-electron chi connectivity index (χ1n) is 9.63. The zero-order chi connectivity index (χ0) is 22.1. The summed E-state index contributed by atoms with van der Waals surface area (Å²) in [6.07, 6.45) is 4.56. The van der Waals surface area contributed by atoms with Gasteiger partial charge in [-0.2, -0.15) is 0 Å². The van der Waals surface area contributed by atoms with Gasteiger partial charge in [0.15, 0.2) is 9.84 Å². The van der Waals surface area contributed by atoms with Crippen LogP contribution in [0.3, 0.4) is 0 Å². The Kier molecular flexibility index (Phi) is 6.34. The molecule has 1 aromatic carbocycles. The molecular weight excluding hydrogens is 430 g/mol. The zero-order valence-corrected chi connectivity index (χ0v) is 18.6. The lowest BCUT2D eigenvalue weighted by molar-refractivity contribution is 0.435. The Morgan fingerprint density at radius 1 is 1.00 bits per heavy atom. The quantitative estimate of drug-likeness (QED) is 0.649. The van der Waals surface area contributed by atoms with Gasteiger partial charge in [0, 0.05) is 37.7 Å². The fourth-order valence-electron chi connectivity index (χ4n) is 3.64. The number of rotatable bonds is 7. The Balaban J connectivity index is 1.72. The van der Waals surface area contributed by atoms with Crippen molar-refractivity contribution in [2.45, 2.75) is 48.4 Å².